The number of nitrogen functional groups attached to an aromatic ring is 1. The molecule has 5 atom stereocenters. The Kier molecular flexibility index (Phi) is 8.29. The molecule has 2 saturated carbocycles. The highest BCUT2D eigenvalue weighted by Gasteiger charge is 2.41. The van der Waals surface area contributed by atoms with Crippen LogP contribution in [0.4, 0.5) is 5.82 Å². The number of carbonyl (C=O) groups is 2. The molecule has 2 fully saturated rings. The molecule has 2 amide bonds. The van der Waals surface area contributed by atoms with Gasteiger partial charge in [0.25, 0.3) is 0 Å². The zero-order valence-corrected chi connectivity index (χ0v) is 19.0. The highest BCUT2D eigenvalue weighted by Crippen LogP contribution is 2.46. The Morgan fingerprint density at radius 2 is 1.81 bits per heavy atom. The van der Waals surface area contributed by atoms with E-state index in [0.29, 0.717) is 30.7 Å². The number of fused-ring (bicyclic) bond motifs is 1. The average molecular weight is 430 g/mol. The summed E-state index contributed by atoms with van der Waals surface area (Å²) >= 11 is 0. The molecular weight excluding hydrogens is 390 g/mol. The van der Waals surface area contributed by atoms with Crippen LogP contribution in [0.3, 0.4) is 0 Å². The van der Waals surface area contributed by atoms with Gasteiger partial charge < -0.3 is 22.1 Å². The van der Waals surface area contributed by atoms with Crippen molar-refractivity contribution in [2.45, 2.75) is 71.4 Å². The first-order valence-corrected chi connectivity index (χ1v) is 11.9. The zero-order chi connectivity index (χ0) is 22.4. The quantitative estimate of drug-likeness (QED) is 0.506. The molecule has 7 nitrogen and oxygen atoms in total. The third-order valence-electron chi connectivity index (χ3n) is 7.32. The minimum Gasteiger partial charge on any atom is -0.384 e. The van der Waals surface area contributed by atoms with Crippen LogP contribution >= 0.6 is 0 Å². The van der Waals surface area contributed by atoms with Crippen LogP contribution in [0, 0.1) is 29.6 Å². The standard InChI is InChI=1S/C24H39N5O2/c1-15(2)22(26)24(31)29-14-20(19-9-5-7-17-6-3-4-8-18(17)19)23(30)28-13-16-10-11-21(25)27-12-16/h10-12,15,17-20,22H,3-9,13-14,26H2,1-2H3,(H2,25,27)(H,28,30)(H,29,31)/t17?,18?,19?,20-,22+/m0/s1. The summed E-state index contributed by atoms with van der Waals surface area (Å²) in [6, 6.07) is 3.05. The normalized spacial score (nSPS) is 25.4. The summed E-state index contributed by atoms with van der Waals surface area (Å²) in [6.07, 6.45) is 10.2. The second kappa shape index (κ2) is 10.9. The third kappa shape index (κ3) is 6.19. The average Bonchev–Trinajstić information content (AvgIpc) is 2.78. The van der Waals surface area contributed by atoms with Crippen LogP contribution in [0.15, 0.2) is 18.3 Å². The molecule has 0 bridgehead atoms. The van der Waals surface area contributed by atoms with Crippen LogP contribution in [0.25, 0.3) is 0 Å². The van der Waals surface area contributed by atoms with Gasteiger partial charge in [-0.25, -0.2) is 4.98 Å². The monoisotopic (exact) mass is 429 g/mol. The van der Waals surface area contributed by atoms with Crippen LogP contribution in [0.2, 0.25) is 0 Å². The lowest BCUT2D eigenvalue weighted by Gasteiger charge is -2.44. The van der Waals surface area contributed by atoms with Crippen molar-refractivity contribution in [3.05, 3.63) is 23.9 Å². The molecule has 1 aromatic heterocycles. The molecule has 0 spiro atoms. The van der Waals surface area contributed by atoms with Crippen molar-refractivity contribution < 1.29 is 9.59 Å². The molecule has 3 rings (SSSR count). The Hall–Kier alpha value is -2.15. The third-order valence-corrected chi connectivity index (χ3v) is 7.32. The van der Waals surface area contributed by atoms with E-state index in [4.69, 9.17) is 11.5 Å². The van der Waals surface area contributed by atoms with E-state index >= 15 is 0 Å². The van der Waals surface area contributed by atoms with Gasteiger partial charge in [0, 0.05) is 19.3 Å². The van der Waals surface area contributed by atoms with Crippen molar-refractivity contribution >= 4 is 17.6 Å². The number of nitrogens with one attached hydrogen (secondary N) is 2. The summed E-state index contributed by atoms with van der Waals surface area (Å²) in [5.74, 6) is 1.71. The molecule has 31 heavy (non-hydrogen) atoms. The van der Waals surface area contributed by atoms with Crippen LogP contribution in [-0.2, 0) is 16.1 Å². The van der Waals surface area contributed by atoms with Gasteiger partial charge in [-0.05, 0) is 48.1 Å². The van der Waals surface area contributed by atoms with Crippen LogP contribution in [0.5, 0.6) is 0 Å². The Morgan fingerprint density at radius 3 is 2.52 bits per heavy atom. The fourth-order valence-electron chi connectivity index (χ4n) is 5.42. The van der Waals surface area contributed by atoms with Gasteiger partial charge in [-0.15, -0.1) is 0 Å². The van der Waals surface area contributed by atoms with Crippen molar-refractivity contribution in [3.63, 3.8) is 0 Å². The Balaban J connectivity index is 1.70. The molecule has 172 valence electrons. The van der Waals surface area contributed by atoms with Crippen molar-refractivity contribution in [3.8, 4) is 0 Å². The molecule has 1 aromatic rings. The number of nitrogens with zero attached hydrogens (tertiary/aromatic N) is 1. The summed E-state index contributed by atoms with van der Waals surface area (Å²) in [7, 11) is 0. The lowest BCUT2D eigenvalue weighted by atomic mass is 9.62. The molecule has 6 N–H and O–H groups in total. The first-order valence-electron chi connectivity index (χ1n) is 11.9. The number of nitrogens with two attached hydrogens (primary N) is 2. The Bertz CT molecular complexity index is 734. The summed E-state index contributed by atoms with van der Waals surface area (Å²) in [5.41, 5.74) is 12.6. The minimum atomic E-state index is -0.557. The maximum absolute atomic E-state index is 13.3. The van der Waals surface area contributed by atoms with Gasteiger partial charge >= 0.3 is 0 Å². The predicted octanol–water partition coefficient (Wildman–Crippen LogP) is 2.60. The predicted molar refractivity (Wildman–Crippen MR) is 123 cm³/mol. The second-order valence-corrected chi connectivity index (χ2v) is 9.73. The first kappa shape index (κ1) is 23.5. The molecule has 2 aliphatic rings. The number of hydrogen-bond acceptors (Lipinski definition) is 5. The molecule has 7 heteroatoms. The SMILES string of the molecule is CC(C)[C@@H](N)C(=O)NC[C@H](C(=O)NCc1ccc(N)nc1)C1CCCC2CCCCC21. The van der Waals surface area contributed by atoms with Gasteiger partial charge in [0.05, 0.1) is 12.0 Å². The van der Waals surface area contributed by atoms with Gasteiger partial charge in [-0.2, -0.15) is 0 Å². The second-order valence-electron chi connectivity index (χ2n) is 9.73. The lowest BCUT2D eigenvalue weighted by molar-refractivity contribution is -0.130. The number of rotatable bonds is 8. The van der Waals surface area contributed by atoms with E-state index in [1.54, 1.807) is 12.3 Å². The molecule has 0 aliphatic heterocycles. The summed E-state index contributed by atoms with van der Waals surface area (Å²) in [4.78, 5) is 29.9. The van der Waals surface area contributed by atoms with E-state index in [0.717, 1.165) is 24.3 Å². The number of pyridine rings is 1. The first-order chi connectivity index (χ1) is 14.9. The largest absolute Gasteiger partial charge is 0.384 e. The Morgan fingerprint density at radius 1 is 1.06 bits per heavy atom. The lowest BCUT2D eigenvalue weighted by Crippen LogP contribution is -2.50. The summed E-state index contributed by atoms with van der Waals surface area (Å²) in [6.45, 7) is 4.62. The fourth-order valence-corrected chi connectivity index (χ4v) is 5.42. The number of aromatic nitrogens is 1. The molecule has 0 aromatic carbocycles. The molecule has 1 heterocycles. The van der Waals surface area contributed by atoms with Gasteiger partial charge in [-0.3, -0.25) is 9.59 Å². The maximum atomic E-state index is 13.3. The van der Waals surface area contributed by atoms with E-state index in [-0.39, 0.29) is 23.7 Å². The summed E-state index contributed by atoms with van der Waals surface area (Å²) < 4.78 is 0. The van der Waals surface area contributed by atoms with Crippen molar-refractivity contribution in [2.75, 3.05) is 12.3 Å². The van der Waals surface area contributed by atoms with Crippen LogP contribution in [0.1, 0.15) is 64.4 Å². The van der Waals surface area contributed by atoms with Crippen molar-refractivity contribution in [1.29, 1.82) is 0 Å². The fraction of sp³-hybridized carbons (Fsp3) is 0.708. The topological polar surface area (TPSA) is 123 Å². The van der Waals surface area contributed by atoms with E-state index in [9.17, 15) is 9.59 Å². The molecule has 2 aliphatic carbocycles. The maximum Gasteiger partial charge on any atom is 0.237 e. The number of hydrogen-bond donors (Lipinski definition) is 4. The number of anilines is 1. The van der Waals surface area contributed by atoms with E-state index in [1.807, 2.05) is 19.9 Å². The molecular formula is C24H39N5O2. The van der Waals surface area contributed by atoms with Gasteiger partial charge in [-0.1, -0.05) is 52.0 Å². The van der Waals surface area contributed by atoms with Gasteiger partial charge in [0.1, 0.15) is 5.82 Å². The number of amides is 2. The molecule has 3 unspecified atom stereocenters. The Labute approximate surface area is 186 Å². The highest BCUT2D eigenvalue weighted by molar-refractivity contribution is 5.83. The van der Waals surface area contributed by atoms with E-state index in [2.05, 4.69) is 15.6 Å². The summed E-state index contributed by atoms with van der Waals surface area (Å²) in [5, 5.41) is 6.07. The molecule has 0 saturated heterocycles. The van der Waals surface area contributed by atoms with Crippen LogP contribution in [-0.4, -0.2) is 29.4 Å². The van der Waals surface area contributed by atoms with E-state index in [1.165, 1.54) is 32.1 Å². The van der Waals surface area contributed by atoms with Gasteiger partial charge in [0.15, 0.2) is 0 Å². The van der Waals surface area contributed by atoms with Crippen molar-refractivity contribution in [2.24, 2.45) is 35.3 Å². The smallest absolute Gasteiger partial charge is 0.237 e. The van der Waals surface area contributed by atoms with Crippen LogP contribution < -0.4 is 22.1 Å². The molecule has 0 radical (unpaired) electrons. The highest BCUT2D eigenvalue weighted by atomic mass is 16.2. The van der Waals surface area contributed by atoms with E-state index < -0.39 is 6.04 Å². The van der Waals surface area contributed by atoms with Crippen molar-refractivity contribution in [1.82, 2.24) is 15.6 Å². The van der Waals surface area contributed by atoms with Gasteiger partial charge in [0.2, 0.25) is 11.8 Å². The zero-order valence-electron chi connectivity index (χ0n) is 19.0. The minimum absolute atomic E-state index is 0.00599. The number of carbonyl (C=O) groups excluding carboxylic acids is 2.